The fourth-order valence-electron chi connectivity index (χ4n) is 2.84. The van der Waals surface area contributed by atoms with Crippen LogP contribution in [0.25, 0.3) is 0 Å². The van der Waals surface area contributed by atoms with Crippen molar-refractivity contribution in [2.24, 2.45) is 0 Å². The van der Waals surface area contributed by atoms with Crippen molar-refractivity contribution in [3.05, 3.63) is 41.9 Å². The van der Waals surface area contributed by atoms with Gasteiger partial charge >= 0.3 is 0 Å². The molecule has 0 aromatic carbocycles. The van der Waals surface area contributed by atoms with Gasteiger partial charge in [0.2, 0.25) is 11.8 Å². The fraction of sp³-hybridized carbons (Fsp3) is 0.421. The number of nitriles is 1. The zero-order valence-electron chi connectivity index (χ0n) is 15.3. The average molecular weight is 366 g/mol. The third-order valence-corrected chi connectivity index (χ3v) is 4.39. The first-order chi connectivity index (χ1) is 13.2. The van der Waals surface area contributed by atoms with Gasteiger partial charge in [-0.3, -0.25) is 9.78 Å². The number of pyridine rings is 1. The van der Waals surface area contributed by atoms with E-state index in [9.17, 15) is 4.79 Å². The van der Waals surface area contributed by atoms with Crippen LogP contribution in [-0.4, -0.2) is 58.5 Å². The monoisotopic (exact) mass is 366 g/mol. The van der Waals surface area contributed by atoms with E-state index in [2.05, 4.69) is 21.9 Å². The Kier molecular flexibility index (Phi) is 6.15. The Morgan fingerprint density at radius 3 is 2.81 bits per heavy atom. The Morgan fingerprint density at radius 2 is 2.07 bits per heavy atom. The molecule has 2 aromatic rings. The Balaban J connectivity index is 1.61. The number of anilines is 1. The number of unbranched alkanes of at least 4 members (excludes halogenated alkanes) is 1. The van der Waals surface area contributed by atoms with E-state index in [4.69, 9.17) is 10.00 Å². The average Bonchev–Trinajstić information content (AvgIpc) is 2.74. The van der Waals surface area contributed by atoms with Crippen LogP contribution in [-0.2, 0) is 0 Å². The van der Waals surface area contributed by atoms with Crippen LogP contribution in [0.1, 0.15) is 35.7 Å². The highest BCUT2D eigenvalue weighted by Gasteiger charge is 2.25. The second-order valence-electron chi connectivity index (χ2n) is 6.21. The van der Waals surface area contributed by atoms with Gasteiger partial charge in [0.15, 0.2) is 0 Å². The van der Waals surface area contributed by atoms with Crippen LogP contribution in [0.3, 0.4) is 0 Å². The molecule has 140 valence electrons. The number of rotatable bonds is 6. The fourth-order valence-corrected chi connectivity index (χ4v) is 2.84. The van der Waals surface area contributed by atoms with Gasteiger partial charge < -0.3 is 14.5 Å². The zero-order valence-corrected chi connectivity index (χ0v) is 15.3. The topological polar surface area (TPSA) is 95.2 Å². The first-order valence-corrected chi connectivity index (χ1v) is 9.07. The molecule has 0 bridgehead atoms. The Morgan fingerprint density at radius 1 is 1.26 bits per heavy atom. The summed E-state index contributed by atoms with van der Waals surface area (Å²) >= 11 is 0. The van der Waals surface area contributed by atoms with Gasteiger partial charge in [0.05, 0.1) is 17.7 Å². The Hall–Kier alpha value is -3.21. The van der Waals surface area contributed by atoms with Crippen LogP contribution < -0.4 is 9.64 Å². The number of amides is 1. The molecule has 1 amide bonds. The lowest BCUT2D eigenvalue weighted by atomic mass is 10.1. The van der Waals surface area contributed by atoms with E-state index in [0.717, 1.165) is 12.8 Å². The summed E-state index contributed by atoms with van der Waals surface area (Å²) in [4.78, 5) is 29.2. The second-order valence-corrected chi connectivity index (χ2v) is 6.21. The summed E-state index contributed by atoms with van der Waals surface area (Å²) < 4.78 is 5.64. The molecule has 0 N–H and O–H groups in total. The lowest BCUT2D eigenvalue weighted by Crippen LogP contribution is -2.49. The van der Waals surface area contributed by atoms with E-state index in [-0.39, 0.29) is 5.91 Å². The molecule has 1 saturated heterocycles. The molecule has 0 atom stereocenters. The van der Waals surface area contributed by atoms with Crippen LogP contribution in [0.5, 0.6) is 5.88 Å². The van der Waals surface area contributed by atoms with Crippen LogP contribution in [0.4, 0.5) is 5.95 Å². The molecule has 1 aliphatic rings. The third-order valence-electron chi connectivity index (χ3n) is 4.39. The quantitative estimate of drug-likeness (QED) is 0.720. The molecule has 0 aliphatic carbocycles. The number of ether oxygens (including phenoxy) is 1. The van der Waals surface area contributed by atoms with Gasteiger partial charge in [0, 0.05) is 50.8 Å². The minimum absolute atomic E-state index is 0.147. The highest BCUT2D eigenvalue weighted by Crippen LogP contribution is 2.17. The van der Waals surface area contributed by atoms with Crippen molar-refractivity contribution in [3.8, 4) is 11.9 Å². The maximum absolute atomic E-state index is 12.7. The molecule has 8 heteroatoms. The number of hydrogen-bond donors (Lipinski definition) is 0. The molecule has 0 saturated carbocycles. The van der Waals surface area contributed by atoms with E-state index >= 15 is 0 Å². The molecule has 0 unspecified atom stereocenters. The number of carbonyl (C=O) groups is 1. The highest BCUT2D eigenvalue weighted by atomic mass is 16.5. The van der Waals surface area contributed by atoms with E-state index in [1.807, 2.05) is 11.0 Å². The van der Waals surface area contributed by atoms with Crippen LogP contribution >= 0.6 is 0 Å². The summed E-state index contributed by atoms with van der Waals surface area (Å²) in [5.41, 5.74) is 0.689. The molecule has 8 nitrogen and oxygen atoms in total. The molecule has 2 aromatic heterocycles. The van der Waals surface area contributed by atoms with Crippen molar-refractivity contribution in [3.63, 3.8) is 0 Å². The van der Waals surface area contributed by atoms with Gasteiger partial charge in [-0.05, 0) is 12.5 Å². The molecule has 3 heterocycles. The molecular formula is C19H22N6O2. The van der Waals surface area contributed by atoms with E-state index in [1.54, 1.807) is 23.2 Å². The maximum Gasteiger partial charge on any atom is 0.255 e. The molecule has 1 aliphatic heterocycles. The van der Waals surface area contributed by atoms with Crippen molar-refractivity contribution in [1.82, 2.24) is 19.9 Å². The largest absolute Gasteiger partial charge is 0.478 e. The smallest absolute Gasteiger partial charge is 0.255 e. The molecule has 0 spiro atoms. The summed E-state index contributed by atoms with van der Waals surface area (Å²) in [6.45, 7) is 5.07. The second kappa shape index (κ2) is 8.94. The van der Waals surface area contributed by atoms with Crippen molar-refractivity contribution < 1.29 is 9.53 Å². The number of nitrogens with zero attached hydrogens (tertiary/aromatic N) is 6. The van der Waals surface area contributed by atoms with E-state index in [0.29, 0.717) is 55.7 Å². The number of carbonyl (C=O) groups excluding carboxylic acids is 1. The van der Waals surface area contributed by atoms with Crippen molar-refractivity contribution in [2.45, 2.75) is 19.8 Å². The lowest BCUT2D eigenvalue weighted by Gasteiger charge is -2.34. The first-order valence-electron chi connectivity index (χ1n) is 9.07. The molecule has 0 radical (unpaired) electrons. The SMILES string of the molecule is CCCCOc1ccnc(N2CCN(C(=O)c3ccncc3C#N)CC2)n1. The molecule has 1 fully saturated rings. The third kappa shape index (κ3) is 4.50. The van der Waals surface area contributed by atoms with Gasteiger partial charge in [-0.25, -0.2) is 4.98 Å². The first kappa shape index (κ1) is 18.6. The lowest BCUT2D eigenvalue weighted by molar-refractivity contribution is 0.0745. The van der Waals surface area contributed by atoms with Crippen LogP contribution in [0.15, 0.2) is 30.7 Å². The standard InChI is InChI=1S/C19H22N6O2/c1-2-3-12-27-17-5-7-22-19(23-17)25-10-8-24(9-11-25)18(26)16-4-6-21-14-15(16)13-20/h4-7,14H,2-3,8-12H2,1H3. The summed E-state index contributed by atoms with van der Waals surface area (Å²) in [6, 6.07) is 5.37. The number of hydrogen-bond acceptors (Lipinski definition) is 7. The summed E-state index contributed by atoms with van der Waals surface area (Å²) in [7, 11) is 0. The molecular weight excluding hydrogens is 344 g/mol. The number of aromatic nitrogens is 3. The van der Waals surface area contributed by atoms with E-state index in [1.165, 1.54) is 12.4 Å². The predicted octanol–water partition coefficient (Wildman–Crippen LogP) is 1.88. The van der Waals surface area contributed by atoms with Gasteiger partial charge in [-0.15, -0.1) is 0 Å². The van der Waals surface area contributed by atoms with Gasteiger partial charge in [0.1, 0.15) is 6.07 Å². The highest BCUT2D eigenvalue weighted by molar-refractivity contribution is 5.96. The zero-order chi connectivity index (χ0) is 19.1. The Bertz CT molecular complexity index is 827. The van der Waals surface area contributed by atoms with Crippen LogP contribution in [0, 0.1) is 11.3 Å². The molecule has 27 heavy (non-hydrogen) atoms. The minimum atomic E-state index is -0.147. The van der Waals surface area contributed by atoms with Crippen LogP contribution in [0.2, 0.25) is 0 Å². The van der Waals surface area contributed by atoms with Gasteiger partial charge in [0.25, 0.3) is 5.91 Å². The molecule has 3 rings (SSSR count). The van der Waals surface area contributed by atoms with Crippen molar-refractivity contribution in [2.75, 3.05) is 37.7 Å². The predicted molar refractivity (Wildman–Crippen MR) is 99.5 cm³/mol. The number of piperazine rings is 1. The summed E-state index contributed by atoms with van der Waals surface area (Å²) in [5.74, 6) is 1.03. The Labute approximate surface area is 158 Å². The van der Waals surface area contributed by atoms with Gasteiger partial charge in [-0.1, -0.05) is 13.3 Å². The van der Waals surface area contributed by atoms with Crippen molar-refractivity contribution >= 4 is 11.9 Å². The minimum Gasteiger partial charge on any atom is -0.478 e. The summed E-state index contributed by atoms with van der Waals surface area (Å²) in [5, 5.41) is 9.16. The van der Waals surface area contributed by atoms with Crippen molar-refractivity contribution in [1.29, 1.82) is 5.26 Å². The summed E-state index contributed by atoms with van der Waals surface area (Å²) in [6.07, 6.45) is 6.69. The van der Waals surface area contributed by atoms with E-state index < -0.39 is 0 Å². The maximum atomic E-state index is 12.7. The normalized spacial score (nSPS) is 13.9. The van der Waals surface area contributed by atoms with Gasteiger partial charge in [-0.2, -0.15) is 10.2 Å².